The minimum absolute atomic E-state index is 0.0931. The van der Waals surface area contributed by atoms with Crippen LogP contribution in [0.4, 0.5) is 0 Å². The van der Waals surface area contributed by atoms with Crippen LogP contribution in [-0.2, 0) is 9.59 Å². The summed E-state index contributed by atoms with van der Waals surface area (Å²) in [6.07, 6.45) is 0.634. The number of ether oxygens (including phenoxy) is 1. The van der Waals surface area contributed by atoms with Crippen molar-refractivity contribution in [2.75, 3.05) is 13.7 Å². The predicted molar refractivity (Wildman–Crippen MR) is 106 cm³/mol. The molecule has 3 rings (SSSR count). The Balaban J connectivity index is 2.27. The monoisotopic (exact) mass is 423 g/mol. The number of ketones is 1. The van der Waals surface area contributed by atoms with Crippen molar-refractivity contribution >= 4 is 40.7 Å². The standard InChI is InChI=1S/C20H19Cl2NO5/c1-4-7-23-16(14-6-5-10(2)28-14)15(18(25)20(23)26)17(24)12-8-11(21)9-13(22)19(12)27-3/h5-6,8-9,16,24H,4,7H2,1-3H3/b17-15+. The Morgan fingerprint density at radius 2 is 2.00 bits per heavy atom. The summed E-state index contributed by atoms with van der Waals surface area (Å²) in [5.74, 6) is -0.756. The van der Waals surface area contributed by atoms with Gasteiger partial charge in [-0.05, 0) is 37.6 Å². The summed E-state index contributed by atoms with van der Waals surface area (Å²) in [7, 11) is 1.38. The van der Waals surface area contributed by atoms with E-state index in [1.54, 1.807) is 19.1 Å². The number of rotatable bonds is 5. The molecule has 0 saturated carbocycles. The summed E-state index contributed by atoms with van der Waals surface area (Å²) in [4.78, 5) is 26.8. The molecule has 1 atom stereocenters. The minimum atomic E-state index is -0.851. The number of carbonyl (C=O) groups is 2. The Kier molecular flexibility index (Phi) is 5.72. The number of hydrogen-bond donors (Lipinski definition) is 1. The molecule has 1 unspecified atom stereocenters. The number of amides is 1. The van der Waals surface area contributed by atoms with Gasteiger partial charge in [-0.25, -0.2) is 0 Å². The maximum atomic E-state index is 12.8. The molecular weight excluding hydrogens is 405 g/mol. The first-order chi connectivity index (χ1) is 13.3. The number of aryl methyl sites for hydroxylation is 1. The summed E-state index contributed by atoms with van der Waals surface area (Å²) >= 11 is 12.2. The number of carbonyl (C=O) groups excluding carboxylic acids is 2. The van der Waals surface area contributed by atoms with E-state index in [2.05, 4.69) is 0 Å². The Bertz CT molecular complexity index is 979. The molecule has 1 aromatic carbocycles. The molecular formula is C20H19Cl2NO5. The van der Waals surface area contributed by atoms with Gasteiger partial charge in [0.15, 0.2) is 0 Å². The molecule has 1 fully saturated rings. The number of benzene rings is 1. The Morgan fingerprint density at radius 3 is 2.57 bits per heavy atom. The lowest BCUT2D eigenvalue weighted by atomic mass is 9.98. The summed E-state index contributed by atoms with van der Waals surface area (Å²) in [5.41, 5.74) is 0.0345. The predicted octanol–water partition coefficient (Wildman–Crippen LogP) is 4.74. The first-order valence-corrected chi connectivity index (χ1v) is 9.43. The second kappa shape index (κ2) is 7.89. The number of halogens is 2. The van der Waals surface area contributed by atoms with Crippen molar-refractivity contribution in [2.45, 2.75) is 26.3 Å². The van der Waals surface area contributed by atoms with E-state index >= 15 is 0 Å². The smallest absolute Gasteiger partial charge is 0.295 e. The highest BCUT2D eigenvalue weighted by Crippen LogP contribution is 2.43. The highest BCUT2D eigenvalue weighted by atomic mass is 35.5. The van der Waals surface area contributed by atoms with Crippen LogP contribution in [0.15, 0.2) is 34.3 Å². The first-order valence-electron chi connectivity index (χ1n) is 8.68. The molecule has 1 aromatic heterocycles. The number of likely N-dealkylation sites (tertiary alicyclic amines) is 1. The Morgan fingerprint density at radius 1 is 1.29 bits per heavy atom. The van der Waals surface area contributed by atoms with Crippen LogP contribution in [0.25, 0.3) is 5.76 Å². The van der Waals surface area contributed by atoms with E-state index in [9.17, 15) is 14.7 Å². The molecule has 0 aliphatic carbocycles. The van der Waals surface area contributed by atoms with Gasteiger partial charge >= 0.3 is 0 Å². The highest BCUT2D eigenvalue weighted by molar-refractivity contribution is 6.46. The van der Waals surface area contributed by atoms with Crippen molar-refractivity contribution in [1.29, 1.82) is 0 Å². The third kappa shape index (κ3) is 3.38. The zero-order valence-electron chi connectivity index (χ0n) is 15.6. The second-order valence-electron chi connectivity index (χ2n) is 6.41. The lowest BCUT2D eigenvalue weighted by molar-refractivity contribution is -0.140. The largest absolute Gasteiger partial charge is 0.507 e. The second-order valence-corrected chi connectivity index (χ2v) is 7.25. The quantitative estimate of drug-likeness (QED) is 0.426. The third-order valence-electron chi connectivity index (χ3n) is 4.50. The van der Waals surface area contributed by atoms with Crippen LogP contribution in [0.5, 0.6) is 5.75 Å². The molecule has 1 amide bonds. The van der Waals surface area contributed by atoms with E-state index in [0.29, 0.717) is 24.5 Å². The molecule has 1 N–H and O–H groups in total. The third-order valence-corrected chi connectivity index (χ3v) is 5.00. The van der Waals surface area contributed by atoms with Gasteiger partial charge in [-0.15, -0.1) is 0 Å². The zero-order chi connectivity index (χ0) is 20.6. The van der Waals surface area contributed by atoms with Crippen molar-refractivity contribution in [1.82, 2.24) is 4.90 Å². The maximum absolute atomic E-state index is 12.8. The molecule has 1 aliphatic rings. The molecule has 1 saturated heterocycles. The Hall–Kier alpha value is -2.44. The van der Waals surface area contributed by atoms with Crippen molar-refractivity contribution in [3.63, 3.8) is 0 Å². The Labute approximate surface area is 172 Å². The number of hydrogen-bond acceptors (Lipinski definition) is 5. The van der Waals surface area contributed by atoms with Gasteiger partial charge < -0.3 is 19.2 Å². The van der Waals surface area contributed by atoms with E-state index in [0.717, 1.165) is 0 Å². The van der Waals surface area contributed by atoms with Crippen molar-refractivity contribution in [2.24, 2.45) is 0 Å². The van der Waals surface area contributed by atoms with Crippen molar-refractivity contribution < 1.29 is 23.8 Å². The topological polar surface area (TPSA) is 80.0 Å². The van der Waals surface area contributed by atoms with E-state index < -0.39 is 23.5 Å². The lowest BCUT2D eigenvalue weighted by Crippen LogP contribution is -2.30. The van der Waals surface area contributed by atoms with Crippen LogP contribution >= 0.6 is 23.2 Å². The molecule has 1 aliphatic heterocycles. The van der Waals surface area contributed by atoms with Gasteiger partial charge in [0.2, 0.25) is 0 Å². The molecule has 148 valence electrons. The summed E-state index contributed by atoms with van der Waals surface area (Å²) < 4.78 is 11.0. The average molecular weight is 424 g/mol. The van der Waals surface area contributed by atoms with E-state index in [4.69, 9.17) is 32.4 Å². The average Bonchev–Trinajstić information content (AvgIpc) is 3.17. The van der Waals surface area contributed by atoms with Crippen LogP contribution in [0.1, 0.15) is 36.5 Å². The van der Waals surface area contributed by atoms with Crippen LogP contribution in [0, 0.1) is 6.92 Å². The van der Waals surface area contributed by atoms with Gasteiger partial charge in [-0.3, -0.25) is 9.59 Å². The molecule has 6 nitrogen and oxygen atoms in total. The molecule has 2 aromatic rings. The number of Topliss-reactive ketones (excluding diaryl/α,β-unsaturated/α-hetero) is 1. The lowest BCUT2D eigenvalue weighted by Gasteiger charge is -2.23. The van der Waals surface area contributed by atoms with Gasteiger partial charge in [0.05, 0.1) is 23.3 Å². The molecule has 0 spiro atoms. The fourth-order valence-electron chi connectivity index (χ4n) is 3.34. The minimum Gasteiger partial charge on any atom is -0.507 e. The van der Waals surface area contributed by atoms with Crippen LogP contribution in [0.2, 0.25) is 10.0 Å². The van der Waals surface area contributed by atoms with Crippen molar-refractivity contribution in [3.8, 4) is 5.75 Å². The SMILES string of the molecule is CCCN1C(=O)C(=O)/C(=C(/O)c2cc(Cl)cc(Cl)c2OC)C1c1ccc(C)o1. The first kappa shape index (κ1) is 20.3. The molecule has 8 heteroatoms. The van der Waals surface area contributed by atoms with Gasteiger partial charge in [0.1, 0.15) is 29.1 Å². The fraction of sp³-hybridized carbons (Fsp3) is 0.300. The number of methoxy groups -OCH3 is 1. The van der Waals surface area contributed by atoms with Gasteiger partial charge in [0, 0.05) is 11.6 Å². The zero-order valence-corrected chi connectivity index (χ0v) is 17.1. The number of aliphatic hydroxyl groups excluding tert-OH is 1. The van der Waals surface area contributed by atoms with Gasteiger partial charge in [-0.2, -0.15) is 0 Å². The maximum Gasteiger partial charge on any atom is 0.295 e. The van der Waals surface area contributed by atoms with Crippen LogP contribution in [0.3, 0.4) is 0 Å². The van der Waals surface area contributed by atoms with E-state index in [-0.39, 0.29) is 26.9 Å². The van der Waals surface area contributed by atoms with Crippen LogP contribution in [-0.4, -0.2) is 35.4 Å². The van der Waals surface area contributed by atoms with E-state index in [1.807, 2.05) is 6.92 Å². The normalized spacial score (nSPS) is 18.8. The van der Waals surface area contributed by atoms with E-state index in [1.165, 1.54) is 24.1 Å². The van der Waals surface area contributed by atoms with Crippen LogP contribution < -0.4 is 4.74 Å². The molecule has 2 heterocycles. The molecule has 28 heavy (non-hydrogen) atoms. The molecule has 0 radical (unpaired) electrons. The van der Waals surface area contributed by atoms with Gasteiger partial charge in [0.25, 0.3) is 11.7 Å². The number of nitrogens with zero attached hydrogens (tertiary/aromatic N) is 1. The summed E-state index contributed by atoms with van der Waals surface area (Å²) in [6, 6.07) is 5.46. The summed E-state index contributed by atoms with van der Waals surface area (Å²) in [5, 5.41) is 11.5. The van der Waals surface area contributed by atoms with Crippen molar-refractivity contribution in [3.05, 3.63) is 57.0 Å². The fourth-order valence-corrected chi connectivity index (χ4v) is 3.91. The highest BCUT2D eigenvalue weighted by Gasteiger charge is 2.47. The summed E-state index contributed by atoms with van der Waals surface area (Å²) in [6.45, 7) is 3.98. The number of aliphatic hydroxyl groups is 1. The van der Waals surface area contributed by atoms with Gasteiger partial charge in [-0.1, -0.05) is 30.1 Å². The number of furan rings is 1. The molecule has 0 bridgehead atoms.